The van der Waals surface area contributed by atoms with Crippen LogP contribution in [0.1, 0.15) is 24.4 Å². The lowest BCUT2D eigenvalue weighted by Gasteiger charge is -2.32. The van der Waals surface area contributed by atoms with Gasteiger partial charge in [0.25, 0.3) is 0 Å². The predicted molar refractivity (Wildman–Crippen MR) is 97.4 cm³/mol. The van der Waals surface area contributed by atoms with Crippen LogP contribution in [0.5, 0.6) is 0 Å². The van der Waals surface area contributed by atoms with Crippen molar-refractivity contribution in [3.63, 3.8) is 0 Å². The van der Waals surface area contributed by atoms with E-state index in [2.05, 4.69) is 40.2 Å². The molecule has 0 spiro atoms. The smallest absolute Gasteiger partial charge is 0.306 e. The van der Waals surface area contributed by atoms with Gasteiger partial charge in [-0.15, -0.1) is 0 Å². The number of aromatic nitrogens is 2. The second kappa shape index (κ2) is 6.65. The maximum atomic E-state index is 12.3. The maximum absolute atomic E-state index is 12.3. The number of aromatic amines is 1. The minimum Gasteiger partial charge on any atom is -0.306 e. The Morgan fingerprint density at radius 2 is 1.67 bits per heavy atom. The van der Waals surface area contributed by atoms with E-state index < -0.39 is 0 Å². The zero-order valence-corrected chi connectivity index (χ0v) is 13.8. The standard InChI is InChI=1S/C20H23N3O/c24-20-21-18-8-4-5-9-19(18)23(20)17-11-14-22(15-12-17)13-10-16-6-2-1-3-7-16/h1-9,17H,10-15H2,(H,21,24). The van der Waals surface area contributed by atoms with E-state index in [9.17, 15) is 4.79 Å². The highest BCUT2D eigenvalue weighted by Gasteiger charge is 2.23. The average Bonchev–Trinajstić information content (AvgIpc) is 2.97. The normalized spacial score (nSPS) is 16.7. The number of nitrogens with zero attached hydrogens (tertiary/aromatic N) is 2. The monoisotopic (exact) mass is 321 g/mol. The summed E-state index contributed by atoms with van der Waals surface area (Å²) < 4.78 is 1.96. The van der Waals surface area contributed by atoms with Gasteiger partial charge in [0.05, 0.1) is 11.0 Å². The van der Waals surface area contributed by atoms with Gasteiger partial charge in [-0.05, 0) is 37.0 Å². The number of hydrogen-bond acceptors (Lipinski definition) is 2. The van der Waals surface area contributed by atoms with Crippen molar-refractivity contribution in [3.05, 3.63) is 70.6 Å². The molecule has 1 aromatic heterocycles. The Bertz CT molecular complexity index is 857. The summed E-state index contributed by atoms with van der Waals surface area (Å²) in [5.74, 6) is 0. The summed E-state index contributed by atoms with van der Waals surface area (Å²) in [6.07, 6.45) is 3.17. The van der Waals surface area contributed by atoms with Crippen molar-refractivity contribution >= 4 is 11.0 Å². The number of benzene rings is 2. The van der Waals surface area contributed by atoms with E-state index in [0.717, 1.165) is 49.9 Å². The number of imidazole rings is 1. The van der Waals surface area contributed by atoms with Crippen molar-refractivity contribution in [2.45, 2.75) is 25.3 Å². The van der Waals surface area contributed by atoms with Crippen LogP contribution in [-0.2, 0) is 6.42 Å². The van der Waals surface area contributed by atoms with Crippen molar-refractivity contribution in [1.29, 1.82) is 0 Å². The van der Waals surface area contributed by atoms with E-state index in [1.54, 1.807) is 0 Å². The van der Waals surface area contributed by atoms with E-state index >= 15 is 0 Å². The molecule has 0 atom stereocenters. The summed E-state index contributed by atoms with van der Waals surface area (Å²) in [5, 5.41) is 0. The second-order valence-electron chi connectivity index (χ2n) is 6.63. The highest BCUT2D eigenvalue weighted by molar-refractivity contribution is 5.75. The van der Waals surface area contributed by atoms with Gasteiger partial charge in [0, 0.05) is 25.7 Å². The molecule has 0 saturated carbocycles. The van der Waals surface area contributed by atoms with Gasteiger partial charge in [-0.1, -0.05) is 42.5 Å². The summed E-state index contributed by atoms with van der Waals surface area (Å²) in [6, 6.07) is 18.9. The van der Waals surface area contributed by atoms with Crippen LogP contribution in [0.15, 0.2) is 59.4 Å². The third-order valence-electron chi connectivity index (χ3n) is 5.11. The first-order chi connectivity index (χ1) is 11.8. The molecule has 0 aliphatic carbocycles. The lowest BCUT2D eigenvalue weighted by Crippen LogP contribution is -2.37. The molecule has 1 saturated heterocycles. The van der Waals surface area contributed by atoms with Crippen LogP contribution in [0.2, 0.25) is 0 Å². The van der Waals surface area contributed by atoms with E-state index in [-0.39, 0.29) is 5.69 Å². The Hall–Kier alpha value is -2.33. The predicted octanol–water partition coefficient (Wildman–Crippen LogP) is 3.21. The van der Waals surface area contributed by atoms with Gasteiger partial charge in [0.2, 0.25) is 0 Å². The fourth-order valence-electron chi connectivity index (χ4n) is 3.77. The summed E-state index contributed by atoms with van der Waals surface area (Å²) >= 11 is 0. The molecule has 0 radical (unpaired) electrons. The van der Waals surface area contributed by atoms with Gasteiger partial charge < -0.3 is 9.88 Å². The summed E-state index contributed by atoms with van der Waals surface area (Å²) in [4.78, 5) is 17.8. The zero-order valence-electron chi connectivity index (χ0n) is 13.8. The number of H-pyrrole nitrogens is 1. The minimum absolute atomic E-state index is 0.0268. The van der Waals surface area contributed by atoms with Crippen LogP contribution in [0.4, 0.5) is 0 Å². The Labute approximate surface area is 141 Å². The number of rotatable bonds is 4. The Morgan fingerprint density at radius 3 is 2.46 bits per heavy atom. The summed E-state index contributed by atoms with van der Waals surface area (Å²) in [6.45, 7) is 3.21. The zero-order chi connectivity index (χ0) is 16.4. The number of likely N-dealkylation sites (tertiary alicyclic amines) is 1. The first-order valence-corrected chi connectivity index (χ1v) is 8.77. The Morgan fingerprint density at radius 1 is 0.958 bits per heavy atom. The lowest BCUT2D eigenvalue weighted by atomic mass is 10.0. The van der Waals surface area contributed by atoms with E-state index in [4.69, 9.17) is 0 Å². The molecule has 4 rings (SSSR count). The number of nitrogens with one attached hydrogen (secondary N) is 1. The van der Waals surface area contributed by atoms with Gasteiger partial charge in [-0.2, -0.15) is 0 Å². The highest BCUT2D eigenvalue weighted by Crippen LogP contribution is 2.24. The number of piperidine rings is 1. The molecule has 24 heavy (non-hydrogen) atoms. The van der Waals surface area contributed by atoms with Gasteiger partial charge in [-0.3, -0.25) is 4.57 Å². The topological polar surface area (TPSA) is 41.0 Å². The van der Waals surface area contributed by atoms with E-state index in [1.165, 1.54) is 5.56 Å². The summed E-state index contributed by atoms with van der Waals surface area (Å²) in [5.41, 5.74) is 3.39. The van der Waals surface area contributed by atoms with Crippen molar-refractivity contribution in [2.24, 2.45) is 0 Å². The first kappa shape index (κ1) is 15.2. The molecule has 0 bridgehead atoms. The van der Waals surface area contributed by atoms with Gasteiger partial charge >= 0.3 is 5.69 Å². The highest BCUT2D eigenvalue weighted by atomic mass is 16.1. The third-order valence-corrected chi connectivity index (χ3v) is 5.11. The fourth-order valence-corrected chi connectivity index (χ4v) is 3.77. The van der Waals surface area contributed by atoms with Crippen LogP contribution in [0.3, 0.4) is 0 Å². The molecule has 1 aliphatic heterocycles. The van der Waals surface area contributed by atoms with Crippen LogP contribution in [0.25, 0.3) is 11.0 Å². The molecule has 2 heterocycles. The van der Waals surface area contributed by atoms with Crippen molar-refractivity contribution in [3.8, 4) is 0 Å². The van der Waals surface area contributed by atoms with E-state index in [0.29, 0.717) is 6.04 Å². The van der Waals surface area contributed by atoms with Gasteiger partial charge in [-0.25, -0.2) is 4.79 Å². The van der Waals surface area contributed by atoms with Crippen LogP contribution >= 0.6 is 0 Å². The van der Waals surface area contributed by atoms with Crippen LogP contribution < -0.4 is 5.69 Å². The molecule has 4 nitrogen and oxygen atoms in total. The molecule has 3 aromatic rings. The molecule has 1 aliphatic rings. The average molecular weight is 321 g/mol. The SMILES string of the molecule is O=c1[nH]c2ccccc2n1C1CCN(CCc2ccccc2)CC1. The molecule has 1 fully saturated rings. The fraction of sp³-hybridized carbons (Fsp3) is 0.350. The quantitative estimate of drug-likeness (QED) is 0.801. The number of para-hydroxylation sites is 2. The molecule has 0 amide bonds. The minimum atomic E-state index is 0.0268. The molecule has 4 heteroatoms. The Kier molecular flexibility index (Phi) is 4.22. The van der Waals surface area contributed by atoms with Crippen LogP contribution in [0, 0.1) is 0 Å². The lowest BCUT2D eigenvalue weighted by molar-refractivity contribution is 0.188. The van der Waals surface area contributed by atoms with Crippen molar-refractivity contribution in [1.82, 2.24) is 14.5 Å². The van der Waals surface area contributed by atoms with Gasteiger partial charge in [0.15, 0.2) is 0 Å². The molecule has 1 N–H and O–H groups in total. The number of hydrogen-bond donors (Lipinski definition) is 1. The van der Waals surface area contributed by atoms with E-state index in [1.807, 2.05) is 28.8 Å². The summed E-state index contributed by atoms with van der Waals surface area (Å²) in [7, 11) is 0. The first-order valence-electron chi connectivity index (χ1n) is 8.77. The maximum Gasteiger partial charge on any atom is 0.326 e. The van der Waals surface area contributed by atoms with Crippen molar-refractivity contribution < 1.29 is 0 Å². The molecule has 2 aromatic carbocycles. The second-order valence-corrected chi connectivity index (χ2v) is 6.63. The molecule has 124 valence electrons. The van der Waals surface area contributed by atoms with Crippen LogP contribution in [-0.4, -0.2) is 34.1 Å². The largest absolute Gasteiger partial charge is 0.326 e. The van der Waals surface area contributed by atoms with Crippen molar-refractivity contribution in [2.75, 3.05) is 19.6 Å². The number of fused-ring (bicyclic) bond motifs is 1. The molecular weight excluding hydrogens is 298 g/mol. The molecule has 0 unspecified atom stereocenters. The Balaban J connectivity index is 1.41. The van der Waals surface area contributed by atoms with Gasteiger partial charge in [0.1, 0.15) is 0 Å². The third kappa shape index (κ3) is 3.02. The molecular formula is C20H23N3O.